The summed E-state index contributed by atoms with van der Waals surface area (Å²) >= 11 is 0. The molecule has 0 aromatic rings. The van der Waals surface area contributed by atoms with E-state index < -0.39 is 26.5 Å². The van der Waals surface area contributed by atoms with Crippen LogP contribution >= 0.6 is 7.82 Å². The van der Waals surface area contributed by atoms with Gasteiger partial charge in [-0.25, -0.2) is 4.57 Å². The van der Waals surface area contributed by atoms with Gasteiger partial charge in [-0.15, -0.1) is 0 Å². The molecule has 9 nitrogen and oxygen atoms in total. The topological polar surface area (TPSA) is 131 Å². The molecule has 0 spiro atoms. The summed E-state index contributed by atoms with van der Waals surface area (Å²) in [4.78, 5) is 34.0. The van der Waals surface area contributed by atoms with Gasteiger partial charge in [0.1, 0.15) is 12.7 Å². The first-order valence-electron chi connectivity index (χ1n) is 24.0. The van der Waals surface area contributed by atoms with Crippen LogP contribution < -0.4 is 5.32 Å². The van der Waals surface area contributed by atoms with Crippen LogP contribution in [0.25, 0.3) is 0 Å². The second-order valence-corrected chi connectivity index (χ2v) is 16.8. The molecule has 0 heterocycles. The Bertz CT molecular complexity index is 1440. The highest BCUT2D eigenvalue weighted by molar-refractivity contribution is 7.47. The van der Waals surface area contributed by atoms with Crippen LogP contribution in [0.2, 0.25) is 0 Å². The molecule has 0 fully saturated rings. The van der Waals surface area contributed by atoms with Crippen LogP contribution in [-0.2, 0) is 27.9 Å². The number of aliphatic hydroxyl groups excluding tert-OH is 1. The van der Waals surface area contributed by atoms with Crippen molar-refractivity contribution in [3.05, 3.63) is 122 Å². The molecule has 0 aliphatic rings. The maximum atomic E-state index is 12.1. The SMILES string of the molecule is CC/C=C\C/C=C\C/C=C\C/C=C\C/C=C\CCCCCCCCCC(=O)OCC(O)COP(=O)(O)OCCNC(=O)CCCCC/C=C\C/C=C\C/C=C\C/C=C\C/C=C\CC. The average molecular weight is 896 g/mol. The van der Waals surface area contributed by atoms with Gasteiger partial charge in [0.15, 0.2) is 0 Å². The summed E-state index contributed by atoms with van der Waals surface area (Å²) in [5, 5.41) is 12.7. The number of allylic oxidation sites excluding steroid dienone is 20. The minimum absolute atomic E-state index is 0.0543. The van der Waals surface area contributed by atoms with E-state index in [9.17, 15) is 24.2 Å². The number of aliphatic hydroxyl groups is 1. The number of nitrogens with one attached hydrogen (secondary N) is 1. The van der Waals surface area contributed by atoms with E-state index in [0.29, 0.717) is 12.8 Å². The summed E-state index contributed by atoms with van der Waals surface area (Å²) in [6.07, 6.45) is 65.6. The molecule has 0 rings (SSSR count). The van der Waals surface area contributed by atoms with Crippen molar-refractivity contribution < 1.29 is 37.9 Å². The van der Waals surface area contributed by atoms with Crippen LogP contribution in [0.15, 0.2) is 122 Å². The van der Waals surface area contributed by atoms with Crippen molar-refractivity contribution >= 4 is 19.7 Å². The van der Waals surface area contributed by atoms with E-state index in [1.165, 1.54) is 19.3 Å². The molecule has 0 aliphatic heterocycles. The quantitative estimate of drug-likeness (QED) is 0.0239. The lowest BCUT2D eigenvalue weighted by Gasteiger charge is -2.15. The summed E-state index contributed by atoms with van der Waals surface area (Å²) in [5.41, 5.74) is 0. The molecule has 356 valence electrons. The van der Waals surface area contributed by atoms with Gasteiger partial charge in [0.25, 0.3) is 0 Å². The zero-order valence-electron chi connectivity index (χ0n) is 39.2. The van der Waals surface area contributed by atoms with Gasteiger partial charge in [0.05, 0.1) is 13.2 Å². The highest BCUT2D eigenvalue weighted by atomic mass is 31.2. The first-order chi connectivity index (χ1) is 30.8. The largest absolute Gasteiger partial charge is 0.472 e. The van der Waals surface area contributed by atoms with E-state index in [1.54, 1.807) is 0 Å². The highest BCUT2D eigenvalue weighted by Crippen LogP contribution is 2.42. The highest BCUT2D eigenvalue weighted by Gasteiger charge is 2.23. The molecular weight excluding hydrogens is 810 g/mol. The Labute approximate surface area is 383 Å². The van der Waals surface area contributed by atoms with Crippen molar-refractivity contribution in [3.63, 3.8) is 0 Å². The molecule has 3 N–H and O–H groups in total. The van der Waals surface area contributed by atoms with E-state index >= 15 is 0 Å². The predicted octanol–water partition coefficient (Wildman–Crippen LogP) is 14.1. The van der Waals surface area contributed by atoms with Gasteiger partial charge >= 0.3 is 13.8 Å². The normalized spacial score (nSPS) is 14.3. The molecule has 2 unspecified atom stereocenters. The third kappa shape index (κ3) is 49.3. The lowest BCUT2D eigenvalue weighted by Crippen LogP contribution is -2.27. The number of esters is 1. The zero-order valence-corrected chi connectivity index (χ0v) is 40.1. The minimum atomic E-state index is -4.44. The second-order valence-electron chi connectivity index (χ2n) is 15.3. The van der Waals surface area contributed by atoms with Gasteiger partial charge in [-0.1, -0.05) is 174 Å². The van der Waals surface area contributed by atoms with E-state index in [4.69, 9.17) is 13.8 Å². The lowest BCUT2D eigenvalue weighted by atomic mass is 10.1. The number of ether oxygens (including phenoxy) is 1. The van der Waals surface area contributed by atoms with E-state index in [1.807, 2.05) is 0 Å². The number of hydrogen-bond acceptors (Lipinski definition) is 7. The van der Waals surface area contributed by atoms with E-state index in [-0.39, 0.29) is 32.1 Å². The number of phosphoric acid groups is 1. The van der Waals surface area contributed by atoms with Gasteiger partial charge < -0.3 is 20.1 Å². The third-order valence-corrected chi connectivity index (χ3v) is 10.4. The third-order valence-electron chi connectivity index (χ3n) is 9.39. The minimum Gasteiger partial charge on any atom is -0.463 e. The number of carbonyl (C=O) groups is 2. The molecule has 63 heavy (non-hydrogen) atoms. The van der Waals surface area contributed by atoms with Crippen molar-refractivity contribution in [2.24, 2.45) is 0 Å². The number of unbranched alkanes of at least 4 members (excludes halogenated alkanes) is 10. The molecule has 0 aliphatic carbocycles. The molecule has 0 aromatic heterocycles. The number of amides is 1. The summed E-state index contributed by atoms with van der Waals surface area (Å²) in [5.74, 6) is -0.571. The van der Waals surface area contributed by atoms with Crippen LogP contribution in [0.4, 0.5) is 0 Å². The van der Waals surface area contributed by atoms with Crippen LogP contribution in [0.1, 0.15) is 168 Å². The fourth-order valence-corrected chi connectivity index (χ4v) is 6.60. The van der Waals surface area contributed by atoms with Gasteiger partial charge in [-0.05, 0) is 103 Å². The Hall–Kier alpha value is -3.59. The standard InChI is InChI=1S/C53H86NO8P/c1-3-5-7-9-11-13-15-17-19-21-23-24-25-26-28-30-32-34-36-38-40-42-44-46-53(57)60-49-51(55)50-62-63(58,59)61-48-47-54-52(56)45-43-41-39-37-35-33-31-29-27-22-20-18-16-14-12-10-8-6-4-2/h5-8,11-14,17-20,23-24,26-29,33,35,51,55H,3-4,9-10,15-16,21-22,25,30-32,34,36-50H2,1-2H3,(H,54,56)(H,58,59)/b7-5-,8-6-,13-11-,14-12-,19-17-,20-18-,24-23-,28-26-,29-27-,35-33-. The maximum absolute atomic E-state index is 12.1. The molecule has 0 saturated carbocycles. The Balaban J connectivity index is 3.69. The first-order valence-corrected chi connectivity index (χ1v) is 25.5. The van der Waals surface area contributed by atoms with Gasteiger partial charge in [-0.3, -0.25) is 18.6 Å². The Morgan fingerprint density at radius 1 is 0.492 bits per heavy atom. The molecule has 2 atom stereocenters. The Kier molecular flexibility index (Phi) is 45.2. The number of rotatable bonds is 43. The summed E-state index contributed by atoms with van der Waals surface area (Å²) in [7, 11) is -4.44. The monoisotopic (exact) mass is 896 g/mol. The van der Waals surface area contributed by atoms with Gasteiger partial charge in [0, 0.05) is 19.4 Å². The van der Waals surface area contributed by atoms with Crippen molar-refractivity contribution in [1.29, 1.82) is 0 Å². The molecule has 0 radical (unpaired) electrons. The zero-order chi connectivity index (χ0) is 46.0. The average Bonchev–Trinajstić information content (AvgIpc) is 3.27. The molecule has 0 bridgehead atoms. The predicted molar refractivity (Wildman–Crippen MR) is 265 cm³/mol. The Morgan fingerprint density at radius 2 is 0.857 bits per heavy atom. The number of phosphoric ester groups is 1. The van der Waals surface area contributed by atoms with Gasteiger partial charge in [0.2, 0.25) is 5.91 Å². The van der Waals surface area contributed by atoms with Crippen molar-refractivity contribution in [3.8, 4) is 0 Å². The smallest absolute Gasteiger partial charge is 0.463 e. The summed E-state index contributed by atoms with van der Waals surface area (Å²) in [6.45, 7) is 3.25. The first kappa shape index (κ1) is 59.4. The van der Waals surface area contributed by atoms with Crippen molar-refractivity contribution in [1.82, 2.24) is 5.32 Å². The van der Waals surface area contributed by atoms with Crippen molar-refractivity contribution in [2.75, 3.05) is 26.4 Å². The van der Waals surface area contributed by atoms with E-state index in [2.05, 4.69) is 141 Å². The Morgan fingerprint density at radius 3 is 1.30 bits per heavy atom. The molecule has 1 amide bonds. The fourth-order valence-electron chi connectivity index (χ4n) is 5.84. The van der Waals surface area contributed by atoms with Crippen LogP contribution in [0, 0.1) is 0 Å². The van der Waals surface area contributed by atoms with Crippen LogP contribution in [0.5, 0.6) is 0 Å². The number of carbonyl (C=O) groups excluding carboxylic acids is 2. The second kappa shape index (κ2) is 47.9. The van der Waals surface area contributed by atoms with Crippen LogP contribution in [-0.4, -0.2) is 54.3 Å². The fraction of sp³-hybridized carbons (Fsp3) is 0.585. The maximum Gasteiger partial charge on any atom is 0.472 e. The van der Waals surface area contributed by atoms with Crippen LogP contribution in [0.3, 0.4) is 0 Å². The molecule has 10 heteroatoms. The van der Waals surface area contributed by atoms with Crippen molar-refractivity contribution in [2.45, 2.75) is 174 Å². The van der Waals surface area contributed by atoms with E-state index in [0.717, 1.165) is 116 Å². The summed E-state index contributed by atoms with van der Waals surface area (Å²) < 4.78 is 26.9. The molecule has 0 aromatic carbocycles. The summed E-state index contributed by atoms with van der Waals surface area (Å²) in [6, 6.07) is 0. The van der Waals surface area contributed by atoms with Gasteiger partial charge in [-0.2, -0.15) is 0 Å². The molecule has 0 saturated heterocycles. The number of hydrogen-bond donors (Lipinski definition) is 3. The lowest BCUT2D eigenvalue weighted by molar-refractivity contribution is -0.147. The molecular formula is C53H86NO8P.